The molecule has 2 aliphatic rings. The Bertz CT molecular complexity index is 666. The molecule has 29 heavy (non-hydrogen) atoms. The van der Waals surface area contributed by atoms with Crippen molar-refractivity contribution >= 4 is 11.8 Å². The van der Waals surface area contributed by atoms with Crippen LogP contribution in [0.25, 0.3) is 0 Å². The van der Waals surface area contributed by atoms with E-state index in [1.54, 1.807) is 14.7 Å². The van der Waals surface area contributed by atoms with Gasteiger partial charge in [-0.3, -0.25) is 14.5 Å². The molecule has 0 spiro atoms. The van der Waals surface area contributed by atoms with Gasteiger partial charge in [0.15, 0.2) is 0 Å². The molecule has 2 fully saturated rings. The van der Waals surface area contributed by atoms with E-state index in [1.165, 1.54) is 0 Å². The summed E-state index contributed by atoms with van der Waals surface area (Å²) < 4.78 is 30.6. The molecule has 2 aliphatic heterocycles. The van der Waals surface area contributed by atoms with Crippen molar-refractivity contribution in [2.24, 2.45) is 5.92 Å². The van der Waals surface area contributed by atoms with Crippen LogP contribution < -0.4 is 4.74 Å². The Kier molecular flexibility index (Phi) is 7.80. The Morgan fingerprint density at radius 3 is 2.45 bits per heavy atom. The van der Waals surface area contributed by atoms with Gasteiger partial charge in [-0.15, -0.1) is 0 Å². The number of carbonyl (C=O) groups excluding carboxylic acids is 2. The van der Waals surface area contributed by atoms with Gasteiger partial charge in [0, 0.05) is 39.3 Å². The average molecular weight is 409 g/mol. The molecule has 160 valence electrons. The highest BCUT2D eigenvalue weighted by molar-refractivity contribution is 5.81. The van der Waals surface area contributed by atoms with Crippen LogP contribution in [0.3, 0.4) is 0 Å². The number of hydrogen-bond donors (Lipinski definition) is 0. The molecule has 2 amide bonds. The number of rotatable bonds is 7. The first-order chi connectivity index (χ1) is 14.0. The van der Waals surface area contributed by atoms with Crippen LogP contribution in [0, 0.1) is 5.92 Å². The summed E-state index contributed by atoms with van der Waals surface area (Å²) in [5.74, 6) is 0.572. The van der Waals surface area contributed by atoms with Crippen molar-refractivity contribution in [1.82, 2.24) is 14.7 Å². The van der Waals surface area contributed by atoms with Crippen LogP contribution in [-0.4, -0.2) is 85.4 Å². The molecule has 1 unspecified atom stereocenters. The summed E-state index contributed by atoms with van der Waals surface area (Å²) in [6.07, 6.45) is -0.503. The summed E-state index contributed by atoms with van der Waals surface area (Å²) in [4.78, 5) is 30.6. The summed E-state index contributed by atoms with van der Waals surface area (Å²) in [5.41, 5.74) is 0. The number of hydrogen-bond acceptors (Lipinski definition) is 4. The van der Waals surface area contributed by atoms with Gasteiger partial charge < -0.3 is 14.5 Å². The van der Waals surface area contributed by atoms with Crippen LogP contribution in [0.4, 0.5) is 8.78 Å². The van der Waals surface area contributed by atoms with Crippen molar-refractivity contribution in [2.75, 3.05) is 52.4 Å². The van der Waals surface area contributed by atoms with Crippen LogP contribution >= 0.6 is 0 Å². The molecule has 2 saturated heterocycles. The largest absolute Gasteiger partial charge is 0.493 e. The van der Waals surface area contributed by atoms with Gasteiger partial charge in [0.05, 0.1) is 25.5 Å². The average Bonchev–Trinajstić information content (AvgIpc) is 2.74. The maximum atomic E-state index is 12.8. The molecular formula is C21H29F2N3O3. The quantitative estimate of drug-likeness (QED) is 0.692. The smallest absolute Gasteiger partial charge is 0.251 e. The lowest BCUT2D eigenvalue weighted by Gasteiger charge is -2.39. The van der Waals surface area contributed by atoms with Crippen LogP contribution in [-0.2, 0) is 9.59 Å². The predicted octanol–water partition coefficient (Wildman–Crippen LogP) is 2.10. The van der Waals surface area contributed by atoms with Crippen molar-refractivity contribution in [3.63, 3.8) is 0 Å². The first-order valence-electron chi connectivity index (χ1n) is 10.3. The number of likely N-dealkylation sites (tertiary alicyclic amines) is 1. The zero-order valence-electron chi connectivity index (χ0n) is 16.6. The van der Waals surface area contributed by atoms with Crippen LogP contribution in [0.5, 0.6) is 5.75 Å². The van der Waals surface area contributed by atoms with E-state index < -0.39 is 6.43 Å². The van der Waals surface area contributed by atoms with Crippen LogP contribution in [0.15, 0.2) is 30.3 Å². The molecule has 2 heterocycles. The van der Waals surface area contributed by atoms with Gasteiger partial charge >= 0.3 is 0 Å². The second-order valence-electron chi connectivity index (χ2n) is 7.61. The Morgan fingerprint density at radius 2 is 1.76 bits per heavy atom. The first-order valence-corrected chi connectivity index (χ1v) is 10.3. The van der Waals surface area contributed by atoms with Gasteiger partial charge in [0.1, 0.15) is 5.75 Å². The fourth-order valence-corrected chi connectivity index (χ4v) is 3.94. The number of alkyl halides is 2. The minimum atomic E-state index is -2.35. The predicted molar refractivity (Wildman–Crippen MR) is 105 cm³/mol. The Morgan fingerprint density at radius 1 is 1.03 bits per heavy atom. The number of ether oxygens (including phenoxy) is 1. The van der Waals surface area contributed by atoms with Gasteiger partial charge in [-0.05, 0) is 25.0 Å². The van der Waals surface area contributed by atoms with Gasteiger partial charge in [-0.1, -0.05) is 18.2 Å². The lowest BCUT2D eigenvalue weighted by atomic mass is 9.96. The van der Waals surface area contributed by atoms with Crippen LogP contribution in [0.2, 0.25) is 0 Å². The Labute approximate surface area is 170 Å². The summed E-state index contributed by atoms with van der Waals surface area (Å²) >= 11 is 0. The van der Waals surface area contributed by atoms with Crippen molar-refractivity contribution in [2.45, 2.75) is 25.7 Å². The third kappa shape index (κ3) is 6.39. The van der Waals surface area contributed by atoms with Crippen molar-refractivity contribution < 1.29 is 23.1 Å². The topological polar surface area (TPSA) is 53.1 Å². The van der Waals surface area contributed by atoms with E-state index in [0.717, 1.165) is 18.6 Å². The first kappa shape index (κ1) is 21.5. The van der Waals surface area contributed by atoms with Crippen molar-refractivity contribution in [1.29, 1.82) is 0 Å². The molecule has 6 nitrogen and oxygen atoms in total. The van der Waals surface area contributed by atoms with Crippen molar-refractivity contribution in [3.8, 4) is 5.75 Å². The number of benzene rings is 1. The molecule has 3 rings (SSSR count). The van der Waals surface area contributed by atoms with E-state index in [9.17, 15) is 18.4 Å². The number of amides is 2. The Balaban J connectivity index is 1.42. The third-order valence-corrected chi connectivity index (χ3v) is 5.53. The highest BCUT2D eigenvalue weighted by Gasteiger charge is 2.32. The molecule has 1 aromatic rings. The SMILES string of the molecule is O=C(CCOc1ccccc1)N1CCCC(C(=O)N2CCN(CC(F)F)CC2)C1. The molecule has 8 heteroatoms. The summed E-state index contributed by atoms with van der Waals surface area (Å²) in [6, 6.07) is 9.36. The van der Waals surface area contributed by atoms with Gasteiger partial charge in [0.2, 0.25) is 11.8 Å². The van der Waals surface area contributed by atoms with Gasteiger partial charge in [0.25, 0.3) is 6.43 Å². The Hall–Kier alpha value is -2.22. The minimum Gasteiger partial charge on any atom is -0.493 e. The second kappa shape index (κ2) is 10.5. The summed E-state index contributed by atoms with van der Waals surface area (Å²) in [5, 5.41) is 0. The fraction of sp³-hybridized carbons (Fsp3) is 0.619. The van der Waals surface area contributed by atoms with E-state index in [1.807, 2.05) is 30.3 Å². The van der Waals surface area contributed by atoms with E-state index in [2.05, 4.69) is 0 Å². The zero-order chi connectivity index (χ0) is 20.6. The number of piperazine rings is 1. The van der Waals surface area contributed by atoms with Gasteiger partial charge in [-0.2, -0.15) is 0 Å². The number of piperidine rings is 1. The molecule has 0 aliphatic carbocycles. The normalized spacial score (nSPS) is 20.7. The lowest BCUT2D eigenvalue weighted by molar-refractivity contribution is -0.142. The minimum absolute atomic E-state index is 0.000170. The number of para-hydroxylation sites is 1. The zero-order valence-corrected chi connectivity index (χ0v) is 16.6. The van der Waals surface area contributed by atoms with E-state index in [0.29, 0.717) is 45.9 Å². The summed E-state index contributed by atoms with van der Waals surface area (Å²) in [7, 11) is 0. The molecule has 0 radical (unpaired) electrons. The number of nitrogens with zero attached hydrogens (tertiary/aromatic N) is 3. The molecule has 0 N–H and O–H groups in total. The van der Waals surface area contributed by atoms with Gasteiger partial charge in [-0.25, -0.2) is 8.78 Å². The highest BCUT2D eigenvalue weighted by atomic mass is 19.3. The highest BCUT2D eigenvalue weighted by Crippen LogP contribution is 2.21. The number of carbonyl (C=O) groups is 2. The molecule has 0 saturated carbocycles. The van der Waals surface area contributed by atoms with E-state index >= 15 is 0 Å². The summed E-state index contributed by atoms with van der Waals surface area (Å²) in [6.45, 7) is 3.06. The maximum Gasteiger partial charge on any atom is 0.251 e. The van der Waals surface area contributed by atoms with Crippen LogP contribution in [0.1, 0.15) is 19.3 Å². The van der Waals surface area contributed by atoms with E-state index in [-0.39, 0.29) is 30.7 Å². The van der Waals surface area contributed by atoms with E-state index in [4.69, 9.17) is 4.74 Å². The third-order valence-electron chi connectivity index (χ3n) is 5.53. The monoisotopic (exact) mass is 409 g/mol. The molecule has 0 aromatic heterocycles. The lowest BCUT2D eigenvalue weighted by Crippen LogP contribution is -2.53. The second-order valence-corrected chi connectivity index (χ2v) is 7.61. The number of halogens is 2. The molecule has 0 bridgehead atoms. The maximum absolute atomic E-state index is 12.8. The molecule has 1 aromatic carbocycles. The molecule has 1 atom stereocenters. The van der Waals surface area contributed by atoms with Crippen molar-refractivity contribution in [3.05, 3.63) is 30.3 Å². The standard InChI is InChI=1S/C21H29F2N3O3/c22-19(23)16-24-10-12-25(13-11-24)21(28)17-5-4-9-26(15-17)20(27)8-14-29-18-6-2-1-3-7-18/h1-3,6-7,17,19H,4-5,8-16H2. The fourth-order valence-electron chi connectivity index (χ4n) is 3.94. The molecular weight excluding hydrogens is 380 g/mol.